The molecule has 1 saturated heterocycles. The number of unbranched alkanes of at least 4 members (excludes halogenated alkanes) is 1. The van der Waals surface area contributed by atoms with E-state index in [-0.39, 0.29) is 24.2 Å². The Morgan fingerprint density at radius 2 is 2.11 bits per heavy atom. The summed E-state index contributed by atoms with van der Waals surface area (Å²) in [6.07, 6.45) is 3.84. The number of ether oxygens (including phenoxy) is 1. The van der Waals surface area contributed by atoms with Crippen LogP contribution in [-0.4, -0.2) is 46.6 Å². The molecule has 0 bridgehead atoms. The summed E-state index contributed by atoms with van der Waals surface area (Å²) in [6.45, 7) is 3.91. The maximum Gasteiger partial charge on any atom is 0.231 e. The number of aromatic nitrogens is 2. The Hall–Kier alpha value is -2.48. The van der Waals surface area contributed by atoms with Crippen LogP contribution in [0.4, 0.5) is 5.13 Å². The highest BCUT2D eigenvalue weighted by atomic mass is 32.1. The van der Waals surface area contributed by atoms with E-state index in [0.29, 0.717) is 18.3 Å². The van der Waals surface area contributed by atoms with Crippen molar-refractivity contribution in [3.8, 4) is 5.75 Å². The van der Waals surface area contributed by atoms with Crippen LogP contribution in [-0.2, 0) is 16.0 Å². The molecule has 1 aromatic heterocycles. The first kappa shape index (κ1) is 20.3. The molecule has 7 nitrogen and oxygen atoms in total. The maximum atomic E-state index is 12.4. The molecule has 2 aromatic rings. The van der Waals surface area contributed by atoms with E-state index in [2.05, 4.69) is 22.4 Å². The normalized spacial score (nSPS) is 16.4. The lowest BCUT2D eigenvalue weighted by molar-refractivity contribution is -0.128. The number of para-hydroxylation sites is 1. The Labute approximate surface area is 169 Å². The van der Waals surface area contributed by atoms with Crippen molar-refractivity contribution in [1.29, 1.82) is 0 Å². The molecule has 3 rings (SSSR count). The summed E-state index contributed by atoms with van der Waals surface area (Å²) in [4.78, 5) is 26.2. The van der Waals surface area contributed by atoms with Crippen molar-refractivity contribution in [1.82, 2.24) is 15.1 Å². The number of carbonyl (C=O) groups excluding carboxylic acids is 2. The van der Waals surface area contributed by atoms with Crippen molar-refractivity contribution in [3.63, 3.8) is 0 Å². The summed E-state index contributed by atoms with van der Waals surface area (Å²) in [5, 5.41) is 12.3. The predicted octanol–water partition coefficient (Wildman–Crippen LogP) is 3.14. The lowest BCUT2D eigenvalue weighted by Crippen LogP contribution is -2.29. The first-order chi connectivity index (χ1) is 13.7. The second kappa shape index (κ2) is 10.2. The fraction of sp³-hybridized carbons (Fsp3) is 0.500. The number of hydrogen-bond acceptors (Lipinski definition) is 6. The molecule has 1 fully saturated rings. The first-order valence-corrected chi connectivity index (χ1v) is 10.6. The van der Waals surface area contributed by atoms with E-state index < -0.39 is 0 Å². The number of likely N-dealkylation sites (tertiary alicyclic amines) is 1. The highest BCUT2D eigenvalue weighted by Crippen LogP contribution is 2.22. The molecule has 1 aromatic carbocycles. The highest BCUT2D eigenvalue weighted by molar-refractivity contribution is 7.15. The van der Waals surface area contributed by atoms with Crippen LogP contribution in [0.3, 0.4) is 0 Å². The molecule has 0 radical (unpaired) electrons. The molecule has 0 saturated carbocycles. The van der Waals surface area contributed by atoms with Gasteiger partial charge in [0.15, 0.2) is 0 Å². The van der Waals surface area contributed by atoms with Gasteiger partial charge >= 0.3 is 0 Å². The van der Waals surface area contributed by atoms with Crippen LogP contribution in [0.15, 0.2) is 30.3 Å². The van der Waals surface area contributed by atoms with Gasteiger partial charge in [-0.15, -0.1) is 10.2 Å². The summed E-state index contributed by atoms with van der Waals surface area (Å²) in [5.74, 6) is 0.454. The quantitative estimate of drug-likeness (QED) is 0.617. The number of anilines is 1. The summed E-state index contributed by atoms with van der Waals surface area (Å²) >= 11 is 1.37. The number of nitrogens with zero attached hydrogens (tertiary/aromatic N) is 3. The summed E-state index contributed by atoms with van der Waals surface area (Å²) < 4.78 is 5.66. The second-order valence-electron chi connectivity index (χ2n) is 6.85. The van der Waals surface area contributed by atoms with Gasteiger partial charge in [0.2, 0.25) is 16.9 Å². The molecule has 0 aliphatic carbocycles. The molecule has 1 unspecified atom stereocenters. The molecule has 150 valence electrons. The molecule has 1 aliphatic rings. The molecule has 1 N–H and O–H groups in total. The lowest BCUT2D eigenvalue weighted by Gasteiger charge is -2.15. The Morgan fingerprint density at radius 1 is 1.29 bits per heavy atom. The fourth-order valence-corrected chi connectivity index (χ4v) is 3.84. The maximum absolute atomic E-state index is 12.4. The van der Waals surface area contributed by atoms with Crippen LogP contribution < -0.4 is 10.1 Å². The Balaban J connectivity index is 1.40. The number of hydrogen-bond donors (Lipinski definition) is 1. The summed E-state index contributed by atoms with van der Waals surface area (Å²) in [6, 6.07) is 9.69. The third-order valence-corrected chi connectivity index (χ3v) is 5.51. The number of amides is 2. The average Bonchev–Trinajstić information content (AvgIpc) is 3.30. The van der Waals surface area contributed by atoms with Crippen molar-refractivity contribution in [2.45, 2.75) is 39.0 Å². The number of nitrogens with one attached hydrogen (secondary N) is 1. The zero-order valence-electron chi connectivity index (χ0n) is 16.1. The van der Waals surface area contributed by atoms with Gasteiger partial charge in [0.1, 0.15) is 10.8 Å². The van der Waals surface area contributed by atoms with Gasteiger partial charge in [0, 0.05) is 25.9 Å². The molecule has 28 heavy (non-hydrogen) atoms. The molecular formula is C20H26N4O3S. The first-order valence-electron chi connectivity index (χ1n) is 9.74. The summed E-state index contributed by atoms with van der Waals surface area (Å²) in [7, 11) is 0. The molecular weight excluding hydrogens is 376 g/mol. The zero-order chi connectivity index (χ0) is 19.8. The number of carbonyl (C=O) groups is 2. The molecule has 0 spiro atoms. The van der Waals surface area contributed by atoms with Crippen molar-refractivity contribution in [2.24, 2.45) is 5.92 Å². The van der Waals surface area contributed by atoms with Crippen LogP contribution >= 0.6 is 11.3 Å². The van der Waals surface area contributed by atoms with E-state index in [1.807, 2.05) is 30.3 Å². The predicted molar refractivity (Wildman–Crippen MR) is 108 cm³/mol. The van der Waals surface area contributed by atoms with E-state index in [0.717, 1.165) is 43.0 Å². The van der Waals surface area contributed by atoms with Gasteiger partial charge in [-0.3, -0.25) is 9.59 Å². The van der Waals surface area contributed by atoms with Crippen molar-refractivity contribution >= 4 is 28.3 Å². The average molecular weight is 403 g/mol. The Kier molecular flexibility index (Phi) is 7.36. The third kappa shape index (κ3) is 5.76. The van der Waals surface area contributed by atoms with Gasteiger partial charge in [-0.05, 0) is 25.0 Å². The van der Waals surface area contributed by atoms with Gasteiger partial charge in [-0.25, -0.2) is 0 Å². The topological polar surface area (TPSA) is 84.4 Å². The van der Waals surface area contributed by atoms with Crippen molar-refractivity contribution < 1.29 is 14.3 Å². The molecule has 2 amide bonds. The highest BCUT2D eigenvalue weighted by Gasteiger charge is 2.34. The smallest absolute Gasteiger partial charge is 0.231 e. The molecule has 1 aliphatic heterocycles. The monoisotopic (exact) mass is 402 g/mol. The number of rotatable bonds is 10. The van der Waals surface area contributed by atoms with Crippen LogP contribution in [0.5, 0.6) is 5.75 Å². The third-order valence-electron chi connectivity index (χ3n) is 4.61. The Bertz CT molecular complexity index is 781. The fourth-order valence-electron chi connectivity index (χ4n) is 3.06. The van der Waals surface area contributed by atoms with Gasteiger partial charge in [-0.1, -0.05) is 42.9 Å². The van der Waals surface area contributed by atoms with E-state index >= 15 is 0 Å². The molecule has 2 heterocycles. The van der Waals surface area contributed by atoms with E-state index in [1.54, 1.807) is 4.90 Å². The number of benzene rings is 1. The SMILES string of the molecule is CCCCN1CC(C(=O)Nc2nnc(CCCOc3ccccc3)s2)CC1=O. The van der Waals surface area contributed by atoms with Crippen LogP contribution in [0.25, 0.3) is 0 Å². The van der Waals surface area contributed by atoms with Gasteiger partial charge in [0.05, 0.1) is 12.5 Å². The number of aryl methyl sites for hydroxylation is 1. The van der Waals surface area contributed by atoms with Crippen LogP contribution in [0.2, 0.25) is 0 Å². The van der Waals surface area contributed by atoms with E-state index in [9.17, 15) is 9.59 Å². The largest absolute Gasteiger partial charge is 0.494 e. The van der Waals surface area contributed by atoms with Crippen LogP contribution in [0, 0.1) is 5.92 Å². The molecule has 1 atom stereocenters. The van der Waals surface area contributed by atoms with E-state index in [4.69, 9.17) is 4.74 Å². The Morgan fingerprint density at radius 3 is 2.89 bits per heavy atom. The summed E-state index contributed by atoms with van der Waals surface area (Å²) in [5.41, 5.74) is 0. The minimum Gasteiger partial charge on any atom is -0.494 e. The standard InChI is InChI=1S/C20H26N4O3S/c1-2-3-11-24-14-15(13-18(24)25)19(26)21-20-23-22-17(28-20)10-7-12-27-16-8-5-4-6-9-16/h4-6,8-9,15H,2-3,7,10-14H2,1H3,(H,21,23,26). The zero-order valence-corrected chi connectivity index (χ0v) is 16.9. The van der Waals surface area contributed by atoms with E-state index in [1.165, 1.54) is 11.3 Å². The van der Waals surface area contributed by atoms with Gasteiger partial charge in [0.25, 0.3) is 0 Å². The van der Waals surface area contributed by atoms with Crippen LogP contribution in [0.1, 0.15) is 37.6 Å². The van der Waals surface area contributed by atoms with Crippen molar-refractivity contribution in [2.75, 3.05) is 25.0 Å². The second-order valence-corrected chi connectivity index (χ2v) is 7.91. The lowest BCUT2D eigenvalue weighted by atomic mass is 10.1. The minimum atomic E-state index is -0.309. The van der Waals surface area contributed by atoms with Crippen molar-refractivity contribution in [3.05, 3.63) is 35.3 Å². The van der Waals surface area contributed by atoms with Gasteiger partial charge in [-0.2, -0.15) is 0 Å². The van der Waals surface area contributed by atoms with Gasteiger partial charge < -0.3 is 15.0 Å². The minimum absolute atomic E-state index is 0.0602. The molecule has 8 heteroatoms.